The minimum atomic E-state index is -0.260. The molecule has 2 aromatic carbocycles. The summed E-state index contributed by atoms with van der Waals surface area (Å²) in [6.07, 6.45) is 1.51. The van der Waals surface area contributed by atoms with Gasteiger partial charge in [0.2, 0.25) is 5.89 Å². The van der Waals surface area contributed by atoms with Crippen LogP contribution in [0.4, 0.5) is 10.2 Å². The molecule has 0 aliphatic heterocycles. The second-order valence-corrected chi connectivity index (χ2v) is 6.01. The Hall–Kier alpha value is -3.35. The number of aromatic nitrogens is 4. The molecule has 0 saturated carbocycles. The first-order valence-corrected chi connectivity index (χ1v) is 8.17. The van der Waals surface area contributed by atoms with Gasteiger partial charge in [-0.2, -0.15) is 4.98 Å². The fourth-order valence-corrected chi connectivity index (χ4v) is 2.75. The summed E-state index contributed by atoms with van der Waals surface area (Å²) in [5.74, 6) is 1.48. The second-order valence-electron chi connectivity index (χ2n) is 6.01. The summed E-state index contributed by atoms with van der Waals surface area (Å²) in [4.78, 5) is 12.9. The van der Waals surface area contributed by atoms with Crippen molar-refractivity contribution in [2.75, 3.05) is 5.32 Å². The van der Waals surface area contributed by atoms with Gasteiger partial charge in [0.05, 0.1) is 5.52 Å². The zero-order chi connectivity index (χ0) is 18.1. The maximum Gasteiger partial charge on any atom is 0.248 e. The molecule has 0 aliphatic rings. The molecule has 2 heterocycles. The Morgan fingerprint density at radius 1 is 1.04 bits per heavy atom. The SMILES string of the molecule is Cc1noc(C(C)Nc2ncnc3ccc(-c4ccc(F)cc4)cc23)n1. The molecule has 1 unspecified atom stereocenters. The maximum absolute atomic E-state index is 13.2. The third-order valence-electron chi connectivity index (χ3n) is 4.08. The topological polar surface area (TPSA) is 76.7 Å². The molecular formula is C19H16FN5O. The lowest BCUT2D eigenvalue weighted by Crippen LogP contribution is -2.09. The monoisotopic (exact) mass is 349 g/mol. The van der Waals surface area contributed by atoms with E-state index in [2.05, 4.69) is 25.4 Å². The van der Waals surface area contributed by atoms with E-state index in [1.54, 1.807) is 19.1 Å². The molecular weight excluding hydrogens is 333 g/mol. The molecule has 1 N–H and O–H groups in total. The van der Waals surface area contributed by atoms with Gasteiger partial charge in [-0.25, -0.2) is 14.4 Å². The molecule has 0 aliphatic carbocycles. The van der Waals surface area contributed by atoms with Gasteiger partial charge < -0.3 is 9.84 Å². The molecule has 0 spiro atoms. The Kier molecular flexibility index (Phi) is 4.04. The number of rotatable bonds is 4. The zero-order valence-corrected chi connectivity index (χ0v) is 14.3. The average Bonchev–Trinajstić information content (AvgIpc) is 3.09. The van der Waals surface area contributed by atoms with E-state index in [-0.39, 0.29) is 11.9 Å². The molecule has 6 nitrogen and oxygen atoms in total. The van der Waals surface area contributed by atoms with Gasteiger partial charge in [-0.1, -0.05) is 23.4 Å². The lowest BCUT2D eigenvalue weighted by Gasteiger charge is -2.13. The highest BCUT2D eigenvalue weighted by molar-refractivity contribution is 5.92. The first kappa shape index (κ1) is 16.1. The van der Waals surface area contributed by atoms with Crippen molar-refractivity contribution in [1.29, 1.82) is 0 Å². The van der Waals surface area contributed by atoms with Crippen molar-refractivity contribution in [3.63, 3.8) is 0 Å². The molecule has 4 rings (SSSR count). The van der Waals surface area contributed by atoms with E-state index in [1.165, 1.54) is 18.5 Å². The molecule has 1 atom stereocenters. The smallest absolute Gasteiger partial charge is 0.248 e. The van der Waals surface area contributed by atoms with Gasteiger partial charge in [0.25, 0.3) is 0 Å². The molecule has 2 aromatic heterocycles. The summed E-state index contributed by atoms with van der Waals surface area (Å²) in [6.45, 7) is 3.69. The highest BCUT2D eigenvalue weighted by Crippen LogP contribution is 2.28. The van der Waals surface area contributed by atoms with Crippen molar-refractivity contribution in [2.24, 2.45) is 0 Å². The molecule has 26 heavy (non-hydrogen) atoms. The van der Waals surface area contributed by atoms with Gasteiger partial charge in [-0.05, 0) is 49.2 Å². The van der Waals surface area contributed by atoms with E-state index < -0.39 is 0 Å². The first-order valence-electron chi connectivity index (χ1n) is 8.17. The predicted molar refractivity (Wildman–Crippen MR) is 96.0 cm³/mol. The van der Waals surface area contributed by atoms with Gasteiger partial charge in [-0.3, -0.25) is 0 Å². The van der Waals surface area contributed by atoms with Crippen molar-refractivity contribution in [3.8, 4) is 11.1 Å². The molecule has 7 heteroatoms. The molecule has 0 radical (unpaired) electrons. The number of aryl methyl sites for hydroxylation is 1. The quantitative estimate of drug-likeness (QED) is 0.592. The van der Waals surface area contributed by atoms with E-state index >= 15 is 0 Å². The van der Waals surface area contributed by atoms with E-state index in [1.807, 2.05) is 25.1 Å². The Balaban J connectivity index is 1.72. The van der Waals surface area contributed by atoms with Crippen LogP contribution in [-0.2, 0) is 0 Å². The predicted octanol–water partition coefficient (Wildman–Crippen LogP) is 4.30. The van der Waals surface area contributed by atoms with Crippen LogP contribution in [-0.4, -0.2) is 20.1 Å². The van der Waals surface area contributed by atoms with E-state index in [9.17, 15) is 4.39 Å². The highest BCUT2D eigenvalue weighted by atomic mass is 19.1. The van der Waals surface area contributed by atoms with Crippen LogP contribution in [0.2, 0.25) is 0 Å². The zero-order valence-electron chi connectivity index (χ0n) is 14.3. The number of nitrogens with one attached hydrogen (secondary N) is 1. The molecule has 0 amide bonds. The van der Waals surface area contributed by atoms with Gasteiger partial charge in [0.15, 0.2) is 5.82 Å². The van der Waals surface area contributed by atoms with Gasteiger partial charge >= 0.3 is 0 Å². The third kappa shape index (κ3) is 3.11. The van der Waals surface area contributed by atoms with Crippen LogP contribution in [0, 0.1) is 12.7 Å². The fourth-order valence-electron chi connectivity index (χ4n) is 2.75. The second kappa shape index (κ2) is 6.51. The number of fused-ring (bicyclic) bond motifs is 1. The van der Waals surface area contributed by atoms with Crippen molar-refractivity contribution in [3.05, 3.63) is 66.3 Å². The van der Waals surface area contributed by atoms with Crippen molar-refractivity contribution < 1.29 is 8.91 Å². The van der Waals surface area contributed by atoms with Crippen LogP contribution in [0.3, 0.4) is 0 Å². The lowest BCUT2D eigenvalue weighted by molar-refractivity contribution is 0.364. The average molecular weight is 349 g/mol. The Morgan fingerprint density at radius 2 is 1.81 bits per heavy atom. The van der Waals surface area contributed by atoms with E-state index in [0.717, 1.165) is 22.0 Å². The Labute approximate surface area is 149 Å². The maximum atomic E-state index is 13.2. The number of hydrogen-bond acceptors (Lipinski definition) is 6. The van der Waals surface area contributed by atoms with Crippen molar-refractivity contribution in [1.82, 2.24) is 20.1 Å². The van der Waals surface area contributed by atoms with Crippen molar-refractivity contribution >= 4 is 16.7 Å². The van der Waals surface area contributed by atoms with Crippen LogP contribution < -0.4 is 5.32 Å². The summed E-state index contributed by atoms with van der Waals surface area (Å²) in [7, 11) is 0. The summed E-state index contributed by atoms with van der Waals surface area (Å²) >= 11 is 0. The molecule has 0 bridgehead atoms. The summed E-state index contributed by atoms with van der Waals surface area (Å²) in [6, 6.07) is 12.0. The number of nitrogens with zero attached hydrogens (tertiary/aromatic N) is 4. The van der Waals surface area contributed by atoms with Gasteiger partial charge in [0.1, 0.15) is 24.0 Å². The minimum absolute atomic E-state index is 0.205. The number of anilines is 1. The third-order valence-corrected chi connectivity index (χ3v) is 4.08. The van der Waals surface area contributed by atoms with Crippen LogP contribution in [0.5, 0.6) is 0 Å². The van der Waals surface area contributed by atoms with Crippen LogP contribution >= 0.6 is 0 Å². The normalized spacial score (nSPS) is 12.3. The Bertz CT molecular complexity index is 1060. The summed E-state index contributed by atoms with van der Waals surface area (Å²) in [5.41, 5.74) is 2.68. The molecule has 4 aromatic rings. The molecule has 0 saturated heterocycles. The lowest BCUT2D eigenvalue weighted by atomic mass is 10.0. The fraction of sp³-hybridized carbons (Fsp3) is 0.158. The Morgan fingerprint density at radius 3 is 2.54 bits per heavy atom. The largest absolute Gasteiger partial charge is 0.358 e. The summed E-state index contributed by atoms with van der Waals surface area (Å²) in [5, 5.41) is 7.97. The van der Waals surface area contributed by atoms with Gasteiger partial charge in [-0.15, -0.1) is 0 Å². The first-order chi connectivity index (χ1) is 12.6. The molecule has 130 valence electrons. The number of hydrogen-bond donors (Lipinski definition) is 1. The van der Waals surface area contributed by atoms with Crippen LogP contribution in [0.1, 0.15) is 24.7 Å². The minimum Gasteiger partial charge on any atom is -0.358 e. The highest BCUT2D eigenvalue weighted by Gasteiger charge is 2.15. The van der Waals surface area contributed by atoms with Gasteiger partial charge in [0, 0.05) is 5.39 Å². The molecule has 0 fully saturated rings. The standard InChI is InChI=1S/C19H16FN5O/c1-11(19-24-12(2)25-26-19)23-18-16-9-14(5-8-17(16)21-10-22-18)13-3-6-15(20)7-4-13/h3-11H,1-2H3,(H,21,22,23). The summed E-state index contributed by atoms with van der Waals surface area (Å²) < 4.78 is 18.4. The van der Waals surface area contributed by atoms with Crippen LogP contribution in [0.25, 0.3) is 22.0 Å². The van der Waals surface area contributed by atoms with Crippen molar-refractivity contribution in [2.45, 2.75) is 19.9 Å². The van der Waals surface area contributed by atoms with Crippen LogP contribution in [0.15, 0.2) is 53.3 Å². The number of benzene rings is 2. The van der Waals surface area contributed by atoms with E-state index in [0.29, 0.717) is 17.5 Å². The number of halogens is 1. The van der Waals surface area contributed by atoms with E-state index in [4.69, 9.17) is 4.52 Å².